The summed E-state index contributed by atoms with van der Waals surface area (Å²) in [6, 6.07) is 4.92. The van der Waals surface area contributed by atoms with Crippen molar-refractivity contribution in [3.63, 3.8) is 0 Å². The van der Waals surface area contributed by atoms with Crippen LogP contribution in [-0.4, -0.2) is 25.2 Å². The van der Waals surface area contributed by atoms with Crippen LogP contribution in [0.1, 0.15) is 17.8 Å². The zero-order chi connectivity index (χ0) is 19.0. The van der Waals surface area contributed by atoms with Gasteiger partial charge in [-0.25, -0.2) is 4.79 Å². The molecule has 1 N–H and O–H groups in total. The van der Waals surface area contributed by atoms with Gasteiger partial charge in [-0.1, -0.05) is 0 Å². The van der Waals surface area contributed by atoms with Crippen molar-refractivity contribution >= 4 is 28.4 Å². The number of amides is 1. The number of nitrogens with one attached hydrogen (secondary N) is 1. The zero-order valence-electron chi connectivity index (χ0n) is 14.5. The molecule has 3 rings (SSSR count). The lowest BCUT2D eigenvalue weighted by Gasteiger charge is -2.06. The van der Waals surface area contributed by atoms with Crippen LogP contribution in [0.3, 0.4) is 0 Å². The summed E-state index contributed by atoms with van der Waals surface area (Å²) in [5, 5.41) is 17.8. The van der Waals surface area contributed by atoms with Crippen LogP contribution in [0, 0.1) is 24.0 Å². The fourth-order valence-corrected chi connectivity index (χ4v) is 2.81. The van der Waals surface area contributed by atoms with Crippen molar-refractivity contribution < 1.29 is 14.1 Å². The molecule has 1 aromatic carbocycles. The normalized spacial score (nSPS) is 11.0. The molecule has 26 heavy (non-hydrogen) atoms. The molecule has 0 aliphatic heterocycles. The Labute approximate surface area is 147 Å². The SMILES string of the molecule is Cc1nn(CCC(=O)Nc2ccc3c(c2)oc(=O)n3C)c(C)c1[N+](=O)[O-]. The van der Waals surface area contributed by atoms with Crippen molar-refractivity contribution in [2.75, 3.05) is 5.32 Å². The van der Waals surface area contributed by atoms with E-state index >= 15 is 0 Å². The van der Waals surface area contributed by atoms with E-state index in [0.717, 1.165) is 0 Å². The Kier molecular flexibility index (Phi) is 4.33. The van der Waals surface area contributed by atoms with Crippen molar-refractivity contribution in [3.05, 3.63) is 50.3 Å². The average molecular weight is 359 g/mol. The molecule has 0 saturated heterocycles. The van der Waals surface area contributed by atoms with Gasteiger partial charge in [-0.3, -0.25) is 24.2 Å². The van der Waals surface area contributed by atoms with Crippen LogP contribution in [0.15, 0.2) is 27.4 Å². The summed E-state index contributed by atoms with van der Waals surface area (Å²) in [6.45, 7) is 3.38. The Bertz CT molecular complexity index is 1070. The molecule has 1 amide bonds. The van der Waals surface area contributed by atoms with E-state index in [1.165, 1.54) is 9.25 Å². The second kappa shape index (κ2) is 6.47. The number of fused-ring (bicyclic) bond motifs is 1. The molecule has 10 heteroatoms. The molecule has 0 fully saturated rings. The minimum absolute atomic E-state index is 0.0324. The Morgan fingerprint density at radius 3 is 2.77 bits per heavy atom. The second-order valence-electron chi connectivity index (χ2n) is 5.91. The summed E-state index contributed by atoms with van der Waals surface area (Å²) in [6.07, 6.45) is 0.0931. The largest absolute Gasteiger partial charge is 0.419 e. The molecule has 0 aliphatic carbocycles. The lowest BCUT2D eigenvalue weighted by molar-refractivity contribution is -0.386. The standard InChI is InChI=1S/C16H17N5O5/c1-9-15(21(24)25)10(2)20(18-9)7-6-14(22)17-11-4-5-12-13(8-11)26-16(23)19(12)3/h4-5,8H,6-7H2,1-3H3,(H,17,22). The van der Waals surface area contributed by atoms with Crippen molar-refractivity contribution in [2.24, 2.45) is 7.05 Å². The first-order chi connectivity index (χ1) is 12.3. The maximum Gasteiger partial charge on any atom is 0.419 e. The molecule has 0 atom stereocenters. The molecule has 136 valence electrons. The molecule has 0 saturated carbocycles. The van der Waals surface area contributed by atoms with E-state index in [0.29, 0.717) is 28.2 Å². The Morgan fingerprint density at radius 1 is 1.38 bits per heavy atom. The third-order valence-corrected chi connectivity index (χ3v) is 4.15. The third kappa shape index (κ3) is 3.08. The van der Waals surface area contributed by atoms with E-state index < -0.39 is 10.7 Å². The van der Waals surface area contributed by atoms with E-state index in [1.807, 2.05) is 0 Å². The van der Waals surface area contributed by atoms with Crippen LogP contribution in [-0.2, 0) is 18.4 Å². The number of anilines is 1. The van der Waals surface area contributed by atoms with E-state index in [9.17, 15) is 19.7 Å². The molecule has 0 bridgehead atoms. The monoisotopic (exact) mass is 359 g/mol. The maximum atomic E-state index is 12.1. The van der Waals surface area contributed by atoms with Crippen LogP contribution >= 0.6 is 0 Å². The number of nitrogens with zero attached hydrogens (tertiary/aromatic N) is 4. The number of rotatable bonds is 5. The fourth-order valence-electron chi connectivity index (χ4n) is 2.81. The number of benzene rings is 1. The first-order valence-corrected chi connectivity index (χ1v) is 7.85. The van der Waals surface area contributed by atoms with Crippen LogP contribution in [0.2, 0.25) is 0 Å². The van der Waals surface area contributed by atoms with Gasteiger partial charge < -0.3 is 9.73 Å². The van der Waals surface area contributed by atoms with Gasteiger partial charge in [-0.2, -0.15) is 5.10 Å². The fraction of sp³-hybridized carbons (Fsp3) is 0.312. The molecule has 10 nitrogen and oxygen atoms in total. The molecule has 0 unspecified atom stereocenters. The summed E-state index contributed by atoms with van der Waals surface area (Å²) < 4.78 is 7.90. The summed E-state index contributed by atoms with van der Waals surface area (Å²) in [5.74, 6) is -0.757. The molecule has 0 radical (unpaired) electrons. The minimum atomic E-state index is -0.477. The van der Waals surface area contributed by atoms with Crippen LogP contribution in [0.5, 0.6) is 0 Å². The molecule has 2 aromatic heterocycles. The highest BCUT2D eigenvalue weighted by Gasteiger charge is 2.21. The number of hydrogen-bond acceptors (Lipinski definition) is 6. The van der Waals surface area contributed by atoms with E-state index in [1.54, 1.807) is 39.1 Å². The lowest BCUT2D eigenvalue weighted by atomic mass is 10.2. The number of hydrogen-bond donors (Lipinski definition) is 1. The highest BCUT2D eigenvalue weighted by molar-refractivity contribution is 5.92. The Morgan fingerprint density at radius 2 is 2.12 bits per heavy atom. The number of aromatic nitrogens is 3. The van der Waals surface area contributed by atoms with Crippen molar-refractivity contribution in [1.82, 2.24) is 14.3 Å². The van der Waals surface area contributed by atoms with Gasteiger partial charge in [0.15, 0.2) is 5.58 Å². The Balaban J connectivity index is 1.69. The summed E-state index contributed by atoms with van der Waals surface area (Å²) in [7, 11) is 1.60. The number of oxazole rings is 1. The smallest absolute Gasteiger partial charge is 0.408 e. The lowest BCUT2D eigenvalue weighted by Crippen LogP contribution is -2.15. The van der Waals surface area contributed by atoms with Gasteiger partial charge in [0.2, 0.25) is 5.91 Å². The van der Waals surface area contributed by atoms with Gasteiger partial charge >= 0.3 is 11.4 Å². The second-order valence-corrected chi connectivity index (χ2v) is 5.91. The zero-order valence-corrected chi connectivity index (χ0v) is 14.5. The maximum absolute atomic E-state index is 12.1. The van der Waals surface area contributed by atoms with Gasteiger partial charge in [-0.15, -0.1) is 0 Å². The predicted octanol–water partition coefficient (Wildman–Crippen LogP) is 1.88. The van der Waals surface area contributed by atoms with Gasteiger partial charge in [0, 0.05) is 25.2 Å². The minimum Gasteiger partial charge on any atom is -0.408 e. The first kappa shape index (κ1) is 17.4. The molecule has 3 aromatic rings. The van der Waals surface area contributed by atoms with Crippen LogP contribution in [0.25, 0.3) is 11.1 Å². The molecular formula is C16H17N5O5. The van der Waals surface area contributed by atoms with Crippen LogP contribution < -0.4 is 11.1 Å². The van der Waals surface area contributed by atoms with Crippen molar-refractivity contribution in [3.8, 4) is 0 Å². The first-order valence-electron chi connectivity index (χ1n) is 7.85. The predicted molar refractivity (Wildman–Crippen MR) is 93.1 cm³/mol. The molecule has 0 aliphatic rings. The molecule has 2 heterocycles. The molecule has 0 spiro atoms. The summed E-state index contributed by atoms with van der Waals surface area (Å²) >= 11 is 0. The highest BCUT2D eigenvalue weighted by Crippen LogP contribution is 2.22. The number of aryl methyl sites for hydroxylation is 3. The highest BCUT2D eigenvalue weighted by atomic mass is 16.6. The summed E-state index contributed by atoms with van der Waals surface area (Å²) in [4.78, 5) is 34.2. The van der Waals surface area contributed by atoms with Gasteiger partial charge in [0.1, 0.15) is 11.4 Å². The van der Waals surface area contributed by atoms with E-state index in [-0.39, 0.29) is 24.6 Å². The van der Waals surface area contributed by atoms with Gasteiger partial charge in [-0.05, 0) is 26.0 Å². The Hall–Kier alpha value is -3.43. The average Bonchev–Trinajstić information content (AvgIpc) is 3.01. The topological polar surface area (TPSA) is 125 Å². The van der Waals surface area contributed by atoms with E-state index in [4.69, 9.17) is 4.42 Å². The number of carbonyl (C=O) groups is 1. The van der Waals surface area contributed by atoms with Crippen molar-refractivity contribution in [1.29, 1.82) is 0 Å². The number of nitro groups is 1. The molecular weight excluding hydrogens is 342 g/mol. The van der Waals surface area contributed by atoms with E-state index in [2.05, 4.69) is 10.4 Å². The van der Waals surface area contributed by atoms with Gasteiger partial charge in [0.05, 0.1) is 17.0 Å². The van der Waals surface area contributed by atoms with Crippen LogP contribution in [0.4, 0.5) is 11.4 Å². The third-order valence-electron chi connectivity index (χ3n) is 4.15. The van der Waals surface area contributed by atoms with Crippen molar-refractivity contribution in [2.45, 2.75) is 26.8 Å². The quantitative estimate of drug-likeness (QED) is 0.548. The van der Waals surface area contributed by atoms with Gasteiger partial charge in [0.25, 0.3) is 0 Å². The summed E-state index contributed by atoms with van der Waals surface area (Å²) in [5.41, 5.74) is 2.20. The number of carbonyl (C=O) groups excluding carboxylic acids is 1.